The standard InChI is InChI=1S/C10H20O2.C7H8/c1-3-5-6-7-8-9-10(11)12-4-2;1-7-5-3-2-4-6-7/h3-9H2,1-2H3;2-6H,1H3. The molecule has 2 nitrogen and oxygen atoms in total. The van der Waals surface area contributed by atoms with Crippen molar-refractivity contribution in [1.29, 1.82) is 0 Å². The number of carbonyl (C=O) groups excluding carboxylic acids is 1. The molecule has 2 heteroatoms. The highest BCUT2D eigenvalue weighted by atomic mass is 16.5. The summed E-state index contributed by atoms with van der Waals surface area (Å²) in [5.74, 6) is -0.0472. The molecule has 1 rings (SSSR count). The van der Waals surface area contributed by atoms with Crippen LogP contribution in [0.5, 0.6) is 0 Å². The third-order valence-electron chi connectivity index (χ3n) is 2.73. The Kier molecular flexibility index (Phi) is 12.2. The Morgan fingerprint density at radius 2 is 1.63 bits per heavy atom. The number of aryl methyl sites for hydroxylation is 1. The van der Waals surface area contributed by atoms with Crippen molar-refractivity contribution in [2.45, 2.75) is 59.3 Å². The summed E-state index contributed by atoms with van der Waals surface area (Å²) in [5, 5.41) is 0. The minimum atomic E-state index is -0.0472. The molecule has 0 unspecified atom stereocenters. The van der Waals surface area contributed by atoms with Crippen molar-refractivity contribution < 1.29 is 9.53 Å². The number of esters is 1. The molecule has 0 heterocycles. The molecule has 1 aromatic rings. The molecule has 0 atom stereocenters. The van der Waals surface area contributed by atoms with Crippen LogP contribution in [0.15, 0.2) is 30.3 Å². The van der Waals surface area contributed by atoms with E-state index >= 15 is 0 Å². The maximum atomic E-state index is 10.9. The van der Waals surface area contributed by atoms with E-state index in [-0.39, 0.29) is 5.97 Å². The number of carbonyl (C=O) groups is 1. The number of hydrogen-bond donors (Lipinski definition) is 0. The van der Waals surface area contributed by atoms with Gasteiger partial charge >= 0.3 is 5.97 Å². The van der Waals surface area contributed by atoms with Gasteiger partial charge in [-0.3, -0.25) is 4.79 Å². The molecule has 0 spiro atoms. The van der Waals surface area contributed by atoms with Crippen LogP contribution < -0.4 is 0 Å². The highest BCUT2D eigenvalue weighted by Gasteiger charge is 1.99. The van der Waals surface area contributed by atoms with Gasteiger partial charge in [0.15, 0.2) is 0 Å². The van der Waals surface area contributed by atoms with Crippen molar-refractivity contribution in [2.24, 2.45) is 0 Å². The van der Waals surface area contributed by atoms with Crippen molar-refractivity contribution in [2.75, 3.05) is 6.61 Å². The van der Waals surface area contributed by atoms with Crippen molar-refractivity contribution in [3.05, 3.63) is 35.9 Å². The first-order chi connectivity index (χ1) is 9.20. The van der Waals surface area contributed by atoms with E-state index in [0.717, 1.165) is 12.8 Å². The largest absolute Gasteiger partial charge is 0.466 e. The molecule has 0 saturated heterocycles. The normalized spacial score (nSPS) is 9.42. The van der Waals surface area contributed by atoms with Crippen LogP contribution in [0.3, 0.4) is 0 Å². The zero-order valence-electron chi connectivity index (χ0n) is 12.7. The predicted molar refractivity (Wildman–Crippen MR) is 81.2 cm³/mol. The van der Waals surface area contributed by atoms with Crippen LogP contribution in [0, 0.1) is 6.92 Å². The van der Waals surface area contributed by atoms with Crippen LogP contribution in [0.25, 0.3) is 0 Å². The van der Waals surface area contributed by atoms with Crippen molar-refractivity contribution in [1.82, 2.24) is 0 Å². The lowest BCUT2D eigenvalue weighted by Gasteiger charge is -2.00. The molecule has 0 saturated carbocycles. The molecule has 0 bridgehead atoms. The van der Waals surface area contributed by atoms with Crippen molar-refractivity contribution in [3.63, 3.8) is 0 Å². The van der Waals surface area contributed by atoms with E-state index in [1.54, 1.807) is 0 Å². The lowest BCUT2D eigenvalue weighted by atomic mass is 10.1. The summed E-state index contributed by atoms with van der Waals surface area (Å²) < 4.78 is 4.81. The van der Waals surface area contributed by atoms with Crippen LogP contribution >= 0.6 is 0 Å². The molecule has 1 aromatic carbocycles. The third-order valence-corrected chi connectivity index (χ3v) is 2.73. The first kappa shape index (κ1) is 17.7. The summed E-state index contributed by atoms with van der Waals surface area (Å²) >= 11 is 0. The smallest absolute Gasteiger partial charge is 0.305 e. The Hall–Kier alpha value is -1.31. The van der Waals surface area contributed by atoms with Gasteiger partial charge in [0.05, 0.1) is 6.61 Å². The Morgan fingerprint density at radius 1 is 1.00 bits per heavy atom. The van der Waals surface area contributed by atoms with Gasteiger partial charge in [-0.25, -0.2) is 0 Å². The van der Waals surface area contributed by atoms with E-state index in [9.17, 15) is 4.79 Å². The maximum absolute atomic E-state index is 10.9. The summed E-state index contributed by atoms with van der Waals surface area (Å²) in [6.07, 6.45) is 6.52. The van der Waals surface area contributed by atoms with E-state index in [1.807, 2.05) is 25.1 Å². The highest BCUT2D eigenvalue weighted by molar-refractivity contribution is 5.69. The molecule has 0 aliphatic rings. The fourth-order valence-electron chi connectivity index (χ4n) is 1.64. The molecule has 0 fully saturated rings. The Labute approximate surface area is 118 Å². The van der Waals surface area contributed by atoms with Gasteiger partial charge < -0.3 is 4.74 Å². The van der Waals surface area contributed by atoms with E-state index < -0.39 is 0 Å². The monoisotopic (exact) mass is 264 g/mol. The van der Waals surface area contributed by atoms with Crippen LogP contribution in [0.4, 0.5) is 0 Å². The molecule has 108 valence electrons. The first-order valence-corrected chi connectivity index (χ1v) is 7.38. The maximum Gasteiger partial charge on any atom is 0.305 e. The minimum absolute atomic E-state index is 0.0472. The van der Waals surface area contributed by atoms with E-state index in [2.05, 4.69) is 26.0 Å². The van der Waals surface area contributed by atoms with Crippen LogP contribution in [0.2, 0.25) is 0 Å². The molecule has 0 aromatic heterocycles. The summed E-state index contributed by atoms with van der Waals surface area (Å²) in [7, 11) is 0. The van der Waals surface area contributed by atoms with Gasteiger partial charge in [0, 0.05) is 6.42 Å². The van der Waals surface area contributed by atoms with Crippen molar-refractivity contribution >= 4 is 5.97 Å². The topological polar surface area (TPSA) is 26.3 Å². The van der Waals surface area contributed by atoms with E-state index in [1.165, 1.54) is 24.8 Å². The number of ether oxygens (including phenoxy) is 1. The molecule has 0 aliphatic carbocycles. The molecular formula is C17H28O2. The van der Waals surface area contributed by atoms with Gasteiger partial charge in [0.25, 0.3) is 0 Å². The fourth-order valence-corrected chi connectivity index (χ4v) is 1.64. The molecule has 0 radical (unpaired) electrons. The molecule has 19 heavy (non-hydrogen) atoms. The van der Waals surface area contributed by atoms with E-state index in [0.29, 0.717) is 13.0 Å². The van der Waals surface area contributed by atoms with E-state index in [4.69, 9.17) is 4.74 Å². The van der Waals surface area contributed by atoms with Gasteiger partial charge in [-0.05, 0) is 20.3 Å². The highest BCUT2D eigenvalue weighted by Crippen LogP contribution is 2.05. The molecule has 0 aliphatic heterocycles. The van der Waals surface area contributed by atoms with Crippen LogP contribution in [-0.4, -0.2) is 12.6 Å². The van der Waals surface area contributed by atoms with Crippen LogP contribution in [0.1, 0.15) is 57.9 Å². The summed E-state index contributed by atoms with van der Waals surface area (Å²) in [4.78, 5) is 10.9. The number of unbranched alkanes of at least 4 members (excludes halogenated alkanes) is 4. The average molecular weight is 264 g/mol. The summed E-state index contributed by atoms with van der Waals surface area (Å²) in [6, 6.07) is 10.3. The molecular weight excluding hydrogens is 236 g/mol. The lowest BCUT2D eigenvalue weighted by Crippen LogP contribution is -2.02. The second-order valence-electron chi connectivity index (χ2n) is 4.62. The van der Waals surface area contributed by atoms with Gasteiger partial charge in [-0.2, -0.15) is 0 Å². The van der Waals surface area contributed by atoms with Gasteiger partial charge in [0.2, 0.25) is 0 Å². The zero-order chi connectivity index (χ0) is 14.3. The minimum Gasteiger partial charge on any atom is -0.466 e. The quantitative estimate of drug-likeness (QED) is 0.517. The Bertz CT molecular complexity index is 306. The second-order valence-corrected chi connectivity index (χ2v) is 4.62. The fraction of sp³-hybridized carbons (Fsp3) is 0.588. The SMILES string of the molecule is CCCCCCCC(=O)OCC.Cc1ccccc1. The lowest BCUT2D eigenvalue weighted by molar-refractivity contribution is -0.143. The Morgan fingerprint density at radius 3 is 2.11 bits per heavy atom. The molecule has 0 N–H and O–H groups in total. The molecule has 0 amide bonds. The van der Waals surface area contributed by atoms with Gasteiger partial charge in [0.1, 0.15) is 0 Å². The first-order valence-electron chi connectivity index (χ1n) is 7.38. The predicted octanol–water partition coefficient (Wildman–Crippen LogP) is 4.91. The number of rotatable bonds is 7. The Balaban J connectivity index is 0.000000388. The number of hydrogen-bond acceptors (Lipinski definition) is 2. The summed E-state index contributed by atoms with van der Waals surface area (Å²) in [5.41, 5.74) is 1.32. The van der Waals surface area contributed by atoms with Crippen LogP contribution in [-0.2, 0) is 9.53 Å². The third kappa shape index (κ3) is 12.9. The number of benzene rings is 1. The second kappa shape index (κ2) is 13.1. The van der Waals surface area contributed by atoms with Gasteiger partial charge in [-0.15, -0.1) is 0 Å². The average Bonchev–Trinajstić information content (AvgIpc) is 2.40. The zero-order valence-corrected chi connectivity index (χ0v) is 12.7. The van der Waals surface area contributed by atoms with Gasteiger partial charge in [-0.1, -0.05) is 68.5 Å². The summed E-state index contributed by atoms with van der Waals surface area (Å²) in [6.45, 7) is 6.62. The van der Waals surface area contributed by atoms with Crippen molar-refractivity contribution in [3.8, 4) is 0 Å².